The molecule has 1 aliphatic heterocycles. The normalized spacial score (nSPS) is 17.6. The van der Waals surface area contributed by atoms with Gasteiger partial charge in [0.15, 0.2) is 0 Å². The summed E-state index contributed by atoms with van der Waals surface area (Å²) >= 11 is 6.28. The number of nitrogens with one attached hydrogen (secondary N) is 1. The monoisotopic (exact) mass is 408 g/mol. The maximum absolute atomic E-state index is 13.0. The number of para-hydroxylation sites is 1. The number of amides is 1. The molecule has 7 heteroatoms. The Balaban J connectivity index is 0.00000210. The minimum absolute atomic E-state index is 0. The average molecular weight is 409 g/mol. The van der Waals surface area contributed by atoms with Crippen LogP contribution in [0.25, 0.3) is 5.69 Å². The molecule has 5 nitrogen and oxygen atoms in total. The molecule has 0 atom stereocenters. The number of carbonyl (C=O) groups excluding carboxylic acids is 1. The Labute approximate surface area is 171 Å². The van der Waals surface area contributed by atoms with Crippen LogP contribution in [-0.4, -0.2) is 46.3 Å². The topological polar surface area (TPSA) is 50.2 Å². The van der Waals surface area contributed by atoms with Crippen molar-refractivity contribution in [3.63, 3.8) is 0 Å². The van der Waals surface area contributed by atoms with Crippen molar-refractivity contribution in [1.82, 2.24) is 20.0 Å². The third-order valence-electron chi connectivity index (χ3n) is 5.50. The first-order valence-corrected chi connectivity index (χ1v) is 9.83. The van der Waals surface area contributed by atoms with Crippen molar-refractivity contribution in [2.75, 3.05) is 19.6 Å². The highest BCUT2D eigenvalue weighted by atomic mass is 35.5. The van der Waals surface area contributed by atoms with Gasteiger partial charge in [0.25, 0.3) is 5.91 Å². The van der Waals surface area contributed by atoms with Crippen molar-refractivity contribution in [2.24, 2.45) is 5.92 Å². The molecule has 1 aromatic carbocycles. The van der Waals surface area contributed by atoms with Crippen LogP contribution < -0.4 is 5.32 Å². The molecule has 2 fully saturated rings. The van der Waals surface area contributed by atoms with Crippen molar-refractivity contribution in [3.8, 4) is 5.69 Å². The number of hydrogen-bond donors (Lipinski definition) is 1. The lowest BCUT2D eigenvalue weighted by atomic mass is 10.0. The number of nitrogens with zero attached hydrogens (tertiary/aromatic N) is 3. The van der Waals surface area contributed by atoms with Crippen LogP contribution in [0.2, 0.25) is 5.02 Å². The van der Waals surface area contributed by atoms with Crippen LogP contribution in [-0.2, 0) is 0 Å². The predicted octanol–water partition coefficient (Wildman–Crippen LogP) is 3.86. The van der Waals surface area contributed by atoms with Crippen molar-refractivity contribution in [2.45, 2.75) is 38.6 Å². The van der Waals surface area contributed by atoms with E-state index in [0.29, 0.717) is 16.6 Å². The zero-order valence-corrected chi connectivity index (χ0v) is 17.1. The first kappa shape index (κ1) is 20.2. The molecule has 0 bridgehead atoms. The maximum Gasteiger partial charge on any atom is 0.257 e. The van der Waals surface area contributed by atoms with Gasteiger partial charge in [0.05, 0.1) is 28.2 Å². The third kappa shape index (κ3) is 4.48. The summed E-state index contributed by atoms with van der Waals surface area (Å²) in [6, 6.07) is 8.10. The van der Waals surface area contributed by atoms with Gasteiger partial charge in [-0.05, 0) is 57.2 Å². The standard InChI is InChI=1S/C20H25ClN4O.ClH/c1-14-17(13-23-25(14)19-5-3-2-4-18(19)21)20(26)24-10-8-16(9-11-24)22-12-15-6-7-15;/h2-5,13,15-16,22H,6-12H2,1H3;1H. The van der Waals surface area contributed by atoms with E-state index in [1.165, 1.54) is 12.8 Å². The Morgan fingerprint density at radius 3 is 2.59 bits per heavy atom. The van der Waals surface area contributed by atoms with Crippen molar-refractivity contribution >= 4 is 29.9 Å². The third-order valence-corrected chi connectivity index (χ3v) is 5.81. The number of rotatable bonds is 5. The largest absolute Gasteiger partial charge is 0.338 e. The molecule has 1 aliphatic carbocycles. The lowest BCUT2D eigenvalue weighted by Gasteiger charge is -2.32. The lowest BCUT2D eigenvalue weighted by Crippen LogP contribution is -2.45. The molecule has 1 saturated carbocycles. The van der Waals surface area contributed by atoms with Crippen LogP contribution in [0.5, 0.6) is 0 Å². The van der Waals surface area contributed by atoms with Gasteiger partial charge in [0.1, 0.15) is 0 Å². The zero-order chi connectivity index (χ0) is 18.1. The summed E-state index contributed by atoms with van der Waals surface area (Å²) < 4.78 is 1.75. The van der Waals surface area contributed by atoms with E-state index >= 15 is 0 Å². The van der Waals surface area contributed by atoms with E-state index in [1.54, 1.807) is 10.9 Å². The summed E-state index contributed by atoms with van der Waals surface area (Å²) in [6.07, 6.45) is 6.46. The number of piperidine rings is 1. The van der Waals surface area contributed by atoms with Crippen LogP contribution >= 0.6 is 24.0 Å². The fourth-order valence-corrected chi connectivity index (χ4v) is 3.81. The van der Waals surface area contributed by atoms with Crippen LogP contribution in [0, 0.1) is 12.8 Å². The van der Waals surface area contributed by atoms with Gasteiger partial charge in [-0.1, -0.05) is 23.7 Å². The van der Waals surface area contributed by atoms with Gasteiger partial charge >= 0.3 is 0 Å². The second-order valence-electron chi connectivity index (χ2n) is 7.42. The van der Waals surface area contributed by atoms with E-state index < -0.39 is 0 Å². The molecule has 146 valence electrons. The zero-order valence-electron chi connectivity index (χ0n) is 15.5. The first-order valence-electron chi connectivity index (χ1n) is 9.45. The molecule has 27 heavy (non-hydrogen) atoms. The number of aromatic nitrogens is 2. The highest BCUT2D eigenvalue weighted by molar-refractivity contribution is 6.32. The molecule has 4 rings (SSSR count). The molecule has 1 saturated heterocycles. The molecule has 1 amide bonds. The number of likely N-dealkylation sites (tertiary alicyclic amines) is 1. The van der Waals surface area contributed by atoms with Crippen LogP contribution in [0.15, 0.2) is 30.5 Å². The molecule has 2 heterocycles. The quantitative estimate of drug-likeness (QED) is 0.816. The summed E-state index contributed by atoms with van der Waals surface area (Å²) in [7, 11) is 0. The SMILES string of the molecule is Cc1c(C(=O)N2CCC(NCC3CC3)CC2)cnn1-c1ccccc1Cl.Cl. The van der Waals surface area contributed by atoms with Gasteiger partial charge < -0.3 is 10.2 Å². The molecule has 0 radical (unpaired) electrons. The highest BCUT2D eigenvalue weighted by Gasteiger charge is 2.28. The van der Waals surface area contributed by atoms with Gasteiger partial charge in [-0.25, -0.2) is 4.68 Å². The molecule has 1 aromatic heterocycles. The van der Waals surface area contributed by atoms with Crippen LogP contribution in [0.4, 0.5) is 0 Å². The van der Waals surface area contributed by atoms with Gasteiger partial charge in [0, 0.05) is 19.1 Å². The van der Waals surface area contributed by atoms with E-state index in [1.807, 2.05) is 36.1 Å². The Bertz CT molecular complexity index is 795. The molecular formula is C20H26Cl2N4O. The second-order valence-corrected chi connectivity index (χ2v) is 7.83. The summed E-state index contributed by atoms with van der Waals surface area (Å²) in [6.45, 7) is 4.67. The fourth-order valence-electron chi connectivity index (χ4n) is 3.60. The Hall–Kier alpha value is -1.56. The van der Waals surface area contributed by atoms with Crippen LogP contribution in [0.3, 0.4) is 0 Å². The van der Waals surface area contributed by atoms with E-state index in [-0.39, 0.29) is 18.3 Å². The molecule has 2 aliphatic rings. The van der Waals surface area contributed by atoms with E-state index in [2.05, 4.69) is 10.4 Å². The summed E-state index contributed by atoms with van der Waals surface area (Å²) in [5, 5.41) is 8.69. The average Bonchev–Trinajstić information content (AvgIpc) is 3.42. The first-order chi connectivity index (χ1) is 12.6. The van der Waals surface area contributed by atoms with Crippen molar-refractivity contribution in [1.29, 1.82) is 0 Å². The number of carbonyl (C=O) groups is 1. The number of halogens is 2. The van der Waals surface area contributed by atoms with Gasteiger partial charge in [-0.3, -0.25) is 4.79 Å². The van der Waals surface area contributed by atoms with Crippen molar-refractivity contribution < 1.29 is 4.79 Å². The minimum atomic E-state index is 0. The smallest absolute Gasteiger partial charge is 0.257 e. The summed E-state index contributed by atoms with van der Waals surface area (Å²) in [4.78, 5) is 14.9. The predicted molar refractivity (Wildman–Crippen MR) is 110 cm³/mol. The molecular weight excluding hydrogens is 383 g/mol. The van der Waals surface area contributed by atoms with Crippen LogP contribution in [0.1, 0.15) is 41.7 Å². The van der Waals surface area contributed by atoms with E-state index in [0.717, 1.165) is 49.8 Å². The molecule has 1 N–H and O–H groups in total. The second kappa shape index (κ2) is 8.63. The van der Waals surface area contributed by atoms with Gasteiger partial charge in [-0.15, -0.1) is 12.4 Å². The van der Waals surface area contributed by atoms with E-state index in [9.17, 15) is 4.79 Å². The number of benzene rings is 1. The fraction of sp³-hybridized carbons (Fsp3) is 0.500. The summed E-state index contributed by atoms with van der Waals surface area (Å²) in [5.74, 6) is 0.967. The maximum atomic E-state index is 13.0. The highest BCUT2D eigenvalue weighted by Crippen LogP contribution is 2.28. The molecule has 0 spiro atoms. The summed E-state index contributed by atoms with van der Waals surface area (Å²) in [5.41, 5.74) is 2.29. The Morgan fingerprint density at radius 2 is 1.93 bits per heavy atom. The minimum Gasteiger partial charge on any atom is -0.338 e. The van der Waals surface area contributed by atoms with Crippen molar-refractivity contribution in [3.05, 3.63) is 46.7 Å². The van der Waals surface area contributed by atoms with E-state index in [4.69, 9.17) is 11.6 Å². The molecule has 2 aromatic rings. The Kier molecular flexibility index (Phi) is 6.45. The lowest BCUT2D eigenvalue weighted by molar-refractivity contribution is 0.0704. The van der Waals surface area contributed by atoms with Gasteiger partial charge in [-0.2, -0.15) is 5.10 Å². The number of hydrogen-bond acceptors (Lipinski definition) is 3. The Morgan fingerprint density at radius 1 is 1.22 bits per heavy atom. The molecule has 0 unspecified atom stereocenters. The van der Waals surface area contributed by atoms with Gasteiger partial charge in [0.2, 0.25) is 0 Å².